The summed E-state index contributed by atoms with van der Waals surface area (Å²) < 4.78 is 35.2. The Labute approximate surface area is 285 Å². The van der Waals surface area contributed by atoms with Gasteiger partial charge in [-0.05, 0) is 60.8 Å². The van der Waals surface area contributed by atoms with Crippen molar-refractivity contribution in [3.63, 3.8) is 0 Å². The first-order valence-electron chi connectivity index (χ1n) is 15.8. The van der Waals surface area contributed by atoms with Crippen LogP contribution in [0.15, 0.2) is 60.4 Å². The van der Waals surface area contributed by atoms with Gasteiger partial charge in [-0.1, -0.05) is 102 Å². The minimum Gasteiger partial charge on any atom is -0.504 e. The van der Waals surface area contributed by atoms with Gasteiger partial charge in [0.05, 0.1) is 5.52 Å². The Morgan fingerprint density at radius 2 is 1.57 bits per heavy atom. The quantitative estimate of drug-likeness (QED) is 0.127. The molecule has 5 rings (SSSR count). The van der Waals surface area contributed by atoms with Crippen molar-refractivity contribution in [2.24, 2.45) is 5.41 Å². The third-order valence-corrected chi connectivity index (χ3v) is 8.48. The number of ketones is 1. The second kappa shape index (κ2) is 14.4. The van der Waals surface area contributed by atoms with E-state index in [4.69, 9.17) is 10.1 Å². The van der Waals surface area contributed by atoms with Crippen LogP contribution in [-0.4, -0.2) is 22.1 Å². The normalized spacial score (nSPS) is 14.9. The molecular formula is C39H45F3IrNO2-. The first kappa shape index (κ1) is 37.4. The van der Waals surface area contributed by atoms with Gasteiger partial charge in [-0.15, -0.1) is 29.1 Å². The predicted octanol–water partition coefficient (Wildman–Crippen LogP) is 11.4. The van der Waals surface area contributed by atoms with E-state index in [-0.39, 0.29) is 31.6 Å². The van der Waals surface area contributed by atoms with E-state index in [1.165, 1.54) is 91.3 Å². The minimum atomic E-state index is -4.85. The number of hydrogen-bond acceptors (Lipinski definition) is 3. The molecule has 1 aliphatic rings. The number of rotatable bonds is 3. The maximum Gasteiger partial charge on any atom is 0.448 e. The van der Waals surface area contributed by atoms with Gasteiger partial charge in [-0.2, -0.15) is 13.2 Å². The van der Waals surface area contributed by atoms with Crippen LogP contribution in [0.25, 0.3) is 32.9 Å². The summed E-state index contributed by atoms with van der Waals surface area (Å²) >= 11 is 0. The van der Waals surface area contributed by atoms with Gasteiger partial charge < -0.3 is 5.11 Å². The molecule has 3 nitrogen and oxygen atoms in total. The van der Waals surface area contributed by atoms with Gasteiger partial charge in [-0.25, -0.2) is 0 Å². The topological polar surface area (TPSA) is 50.2 Å². The molecule has 0 aliphatic heterocycles. The third kappa shape index (κ3) is 8.86. The van der Waals surface area contributed by atoms with Gasteiger partial charge in [0.2, 0.25) is 5.76 Å². The standard InChI is InChI=1S/C31H34N.C8H11F3O2.Ir/c1-20-15-21(2)30-26(22-11-7-6-8-12-22)19-28(32-29(30)16-20)24-17-23-13-9-10-14-25(23)27(18-24)31(3,4)5;1-7(2,3)5(12)4-6(13)8(9,10)11;/h9-10,13-16,18-19,22H,6-8,11-12H2,1-5H3;4,13H,1-3H3;/q-1;;/b;6-4-;. The Bertz CT molecular complexity index is 1740. The first-order valence-corrected chi connectivity index (χ1v) is 15.8. The SMILES string of the molecule is CC(C)(C)C(=O)/C=C(\O)C(F)(F)F.Cc1cc(C)c2c(C3CCCCC3)cc(-c3[c-]c4ccccc4c(C(C)(C)C)c3)nc2c1.[Ir]. The van der Waals surface area contributed by atoms with Crippen LogP contribution in [0.2, 0.25) is 0 Å². The molecule has 4 aromatic rings. The number of alkyl halides is 3. The Morgan fingerprint density at radius 3 is 2.15 bits per heavy atom. The number of carbonyl (C=O) groups excluding carboxylic acids is 1. The molecular weight excluding hydrogens is 764 g/mol. The molecule has 3 aromatic carbocycles. The number of fused-ring (bicyclic) bond motifs is 2. The zero-order valence-corrected chi connectivity index (χ0v) is 30.5. The second-order valence-corrected chi connectivity index (χ2v) is 14.4. The summed E-state index contributed by atoms with van der Waals surface area (Å²) in [5.74, 6) is -1.98. The van der Waals surface area contributed by atoms with Crippen LogP contribution in [0.3, 0.4) is 0 Å². The molecule has 46 heavy (non-hydrogen) atoms. The smallest absolute Gasteiger partial charge is 0.448 e. The molecule has 0 bridgehead atoms. The summed E-state index contributed by atoms with van der Waals surface area (Å²) in [6.45, 7) is 15.7. The summed E-state index contributed by atoms with van der Waals surface area (Å²) in [4.78, 5) is 16.2. The van der Waals surface area contributed by atoms with E-state index in [1.54, 1.807) is 0 Å². The van der Waals surface area contributed by atoms with E-state index in [1.807, 2.05) is 0 Å². The van der Waals surface area contributed by atoms with E-state index in [0.717, 1.165) is 16.8 Å². The van der Waals surface area contributed by atoms with Crippen LogP contribution in [-0.2, 0) is 30.3 Å². The molecule has 0 atom stereocenters. The van der Waals surface area contributed by atoms with Crippen LogP contribution in [0, 0.1) is 25.3 Å². The van der Waals surface area contributed by atoms with E-state index >= 15 is 0 Å². The molecule has 249 valence electrons. The van der Waals surface area contributed by atoms with Gasteiger partial charge in [0.15, 0.2) is 5.78 Å². The van der Waals surface area contributed by atoms with Crippen LogP contribution >= 0.6 is 0 Å². The molecule has 1 aliphatic carbocycles. The zero-order chi connectivity index (χ0) is 33.3. The average Bonchev–Trinajstić information content (AvgIpc) is 2.95. The summed E-state index contributed by atoms with van der Waals surface area (Å²) in [5.41, 5.74) is 7.97. The number of allylic oxidation sites excluding steroid dienone is 2. The number of hydrogen-bond donors (Lipinski definition) is 1. The van der Waals surface area contributed by atoms with Crippen LogP contribution < -0.4 is 0 Å². The van der Waals surface area contributed by atoms with E-state index in [2.05, 4.69) is 89.2 Å². The summed E-state index contributed by atoms with van der Waals surface area (Å²) in [6, 6.07) is 21.7. The van der Waals surface area contributed by atoms with Gasteiger partial charge >= 0.3 is 6.18 Å². The fourth-order valence-corrected chi connectivity index (χ4v) is 6.08. The van der Waals surface area contributed by atoms with Crippen LogP contribution in [0.5, 0.6) is 0 Å². The molecule has 0 spiro atoms. The molecule has 1 fully saturated rings. The maximum absolute atomic E-state index is 11.7. The fraction of sp³-hybridized carbons (Fsp3) is 0.436. The number of aliphatic hydroxyl groups excluding tert-OH is 1. The Kier molecular flexibility index (Phi) is 11.7. The number of aliphatic hydroxyl groups is 1. The van der Waals surface area contributed by atoms with Crippen molar-refractivity contribution in [2.45, 2.75) is 105 Å². The molecule has 1 heterocycles. The van der Waals surface area contributed by atoms with Crippen molar-refractivity contribution in [1.29, 1.82) is 0 Å². The number of aryl methyl sites for hydroxylation is 2. The van der Waals surface area contributed by atoms with Gasteiger partial charge in [-0.3, -0.25) is 9.78 Å². The van der Waals surface area contributed by atoms with Crippen molar-refractivity contribution < 1.29 is 43.2 Å². The molecule has 1 aromatic heterocycles. The van der Waals surface area contributed by atoms with Gasteiger partial charge in [0.25, 0.3) is 0 Å². The summed E-state index contributed by atoms with van der Waals surface area (Å²) in [5, 5.41) is 12.3. The second-order valence-electron chi connectivity index (χ2n) is 14.4. The van der Waals surface area contributed by atoms with Crippen molar-refractivity contribution in [1.82, 2.24) is 4.98 Å². The molecule has 0 saturated heterocycles. The molecule has 7 heteroatoms. The van der Waals surface area contributed by atoms with Crippen LogP contribution in [0.1, 0.15) is 102 Å². The minimum absolute atomic E-state index is 0. The Balaban J connectivity index is 0.000000352. The fourth-order valence-electron chi connectivity index (χ4n) is 6.08. The number of aromatic nitrogens is 1. The third-order valence-electron chi connectivity index (χ3n) is 8.48. The van der Waals surface area contributed by atoms with Crippen LogP contribution in [0.4, 0.5) is 13.2 Å². The number of pyridine rings is 1. The predicted molar refractivity (Wildman–Crippen MR) is 179 cm³/mol. The van der Waals surface area contributed by atoms with Gasteiger partial charge in [0.1, 0.15) is 0 Å². The molecule has 0 amide bonds. The zero-order valence-electron chi connectivity index (χ0n) is 28.1. The van der Waals surface area contributed by atoms with E-state index in [9.17, 15) is 18.0 Å². The molecule has 1 N–H and O–H groups in total. The first-order chi connectivity index (χ1) is 20.9. The van der Waals surface area contributed by atoms with E-state index in [0.29, 0.717) is 5.92 Å². The monoisotopic (exact) mass is 809 g/mol. The number of halogens is 3. The van der Waals surface area contributed by atoms with Crippen molar-refractivity contribution in [3.8, 4) is 11.3 Å². The largest absolute Gasteiger partial charge is 0.504 e. The average molecular weight is 809 g/mol. The molecule has 1 radical (unpaired) electrons. The number of benzene rings is 3. The number of carbonyl (C=O) groups is 1. The number of nitrogens with zero attached hydrogens (tertiary/aromatic N) is 1. The van der Waals surface area contributed by atoms with E-state index < -0.39 is 23.1 Å². The summed E-state index contributed by atoms with van der Waals surface area (Å²) in [6.07, 6.45) is 2.00. The summed E-state index contributed by atoms with van der Waals surface area (Å²) in [7, 11) is 0. The Hall–Kier alpha value is -3.02. The van der Waals surface area contributed by atoms with Crippen molar-refractivity contribution in [3.05, 3.63) is 88.7 Å². The molecule has 0 unspecified atom stereocenters. The van der Waals surface area contributed by atoms with Crippen molar-refractivity contribution >= 4 is 27.5 Å². The molecule has 1 saturated carbocycles. The van der Waals surface area contributed by atoms with Crippen molar-refractivity contribution in [2.75, 3.05) is 0 Å². The maximum atomic E-state index is 11.7. The van der Waals surface area contributed by atoms with Gasteiger partial charge in [0, 0.05) is 42.7 Å². The Morgan fingerprint density at radius 1 is 0.935 bits per heavy atom.